The Morgan fingerprint density at radius 1 is 0.778 bits per heavy atom. The summed E-state index contributed by atoms with van der Waals surface area (Å²) in [5.74, 6) is 3.73. The molecule has 4 bridgehead atoms. The summed E-state index contributed by atoms with van der Waals surface area (Å²) in [4.78, 5) is 33.3. The number of carbonyl (C=O) groups excluding carboxylic acids is 1. The SMILES string of the molecule is CC(=O)c1nc2ccccc2n(C2CC3CCCC(C2)N3C2CC3CC(CC(C4CCC4)C3)C2)c1=O. The first kappa shape index (κ1) is 23.1. The average Bonchev–Trinajstić information content (AvgIpc) is 2.81. The molecular weight excluding hydrogens is 446 g/mol. The third-order valence-corrected chi connectivity index (χ3v) is 10.9. The van der Waals surface area contributed by atoms with E-state index < -0.39 is 0 Å². The van der Waals surface area contributed by atoms with Crippen molar-refractivity contribution in [1.29, 1.82) is 0 Å². The van der Waals surface area contributed by atoms with Gasteiger partial charge in [0.15, 0.2) is 11.5 Å². The molecule has 4 unspecified atom stereocenters. The standard InChI is InChI=1S/C31H41N3O2/c1-19(35)30-31(36)34(29-11-3-2-10-28(29)32-30)27-17-24-8-5-9-25(18-27)33(24)26-15-20-12-21(16-26)14-23(13-20)22-6-4-7-22/h2-3,10-11,20-27H,4-9,12-18H2,1H3. The van der Waals surface area contributed by atoms with Crippen LogP contribution in [0.1, 0.15) is 107 Å². The molecule has 5 nitrogen and oxygen atoms in total. The van der Waals surface area contributed by atoms with Crippen molar-refractivity contribution < 1.29 is 4.79 Å². The average molecular weight is 488 g/mol. The number of nitrogens with zero attached hydrogens (tertiary/aromatic N) is 3. The predicted octanol–water partition coefficient (Wildman–Crippen LogP) is 6.15. The Hall–Kier alpha value is -2.01. The maximum absolute atomic E-state index is 13.5. The van der Waals surface area contributed by atoms with Crippen molar-refractivity contribution in [2.24, 2.45) is 23.7 Å². The van der Waals surface area contributed by atoms with Gasteiger partial charge >= 0.3 is 0 Å². The van der Waals surface area contributed by atoms with Crippen LogP contribution < -0.4 is 5.56 Å². The summed E-state index contributed by atoms with van der Waals surface area (Å²) in [6.07, 6.45) is 17.6. The van der Waals surface area contributed by atoms with E-state index in [0.29, 0.717) is 12.1 Å². The first-order chi connectivity index (χ1) is 17.5. The summed E-state index contributed by atoms with van der Waals surface area (Å²) in [5, 5.41) is 0. The molecule has 2 saturated heterocycles. The lowest BCUT2D eigenvalue weighted by molar-refractivity contribution is -0.0585. The molecule has 36 heavy (non-hydrogen) atoms. The molecule has 5 aliphatic rings. The van der Waals surface area contributed by atoms with Crippen LogP contribution in [-0.2, 0) is 0 Å². The molecule has 7 rings (SSSR count). The number of fused-ring (bicyclic) bond motifs is 5. The molecule has 0 radical (unpaired) electrons. The molecule has 3 heterocycles. The number of hydrogen-bond donors (Lipinski definition) is 0. The second-order valence-corrected chi connectivity index (χ2v) is 13.0. The zero-order valence-corrected chi connectivity index (χ0v) is 21.8. The highest BCUT2D eigenvalue weighted by atomic mass is 16.1. The number of ketones is 1. The maximum atomic E-state index is 13.5. The summed E-state index contributed by atoms with van der Waals surface area (Å²) < 4.78 is 1.96. The molecule has 2 aliphatic heterocycles. The van der Waals surface area contributed by atoms with Crippen molar-refractivity contribution in [3.05, 3.63) is 40.3 Å². The Bertz CT molecular complexity index is 1190. The third kappa shape index (κ3) is 3.88. The van der Waals surface area contributed by atoms with E-state index in [1.165, 1.54) is 77.6 Å². The number of piperidine rings is 2. The van der Waals surface area contributed by atoms with Gasteiger partial charge in [0.25, 0.3) is 5.56 Å². The number of benzene rings is 1. The highest BCUT2D eigenvalue weighted by molar-refractivity contribution is 5.93. The van der Waals surface area contributed by atoms with Crippen LogP contribution >= 0.6 is 0 Å². The minimum Gasteiger partial charge on any atom is -0.302 e. The van der Waals surface area contributed by atoms with E-state index >= 15 is 0 Å². The second kappa shape index (κ2) is 9.08. The van der Waals surface area contributed by atoms with Gasteiger partial charge in [-0.3, -0.25) is 14.5 Å². The summed E-state index contributed by atoms with van der Waals surface area (Å²) in [6.45, 7) is 1.47. The Kier molecular flexibility index (Phi) is 5.83. The van der Waals surface area contributed by atoms with E-state index in [0.717, 1.165) is 53.6 Å². The number of Topliss-reactive ketones (excluding diaryl/α,β-unsaturated/α-hetero) is 1. The quantitative estimate of drug-likeness (QED) is 0.485. The molecule has 0 spiro atoms. The molecule has 192 valence electrons. The number of carbonyl (C=O) groups is 1. The van der Waals surface area contributed by atoms with Gasteiger partial charge in [0.2, 0.25) is 0 Å². The van der Waals surface area contributed by atoms with E-state index in [1.54, 1.807) is 0 Å². The van der Waals surface area contributed by atoms with Crippen LogP contribution in [0.25, 0.3) is 11.0 Å². The van der Waals surface area contributed by atoms with Gasteiger partial charge in [0.05, 0.1) is 11.0 Å². The zero-order chi connectivity index (χ0) is 24.4. The molecule has 1 aromatic carbocycles. The van der Waals surface area contributed by atoms with Crippen molar-refractivity contribution >= 4 is 16.8 Å². The van der Waals surface area contributed by atoms with Crippen LogP contribution in [0.15, 0.2) is 29.1 Å². The summed E-state index contributed by atoms with van der Waals surface area (Å²) in [5.41, 5.74) is 1.56. The Morgan fingerprint density at radius 2 is 1.44 bits per heavy atom. The van der Waals surface area contributed by atoms with Crippen molar-refractivity contribution in [2.45, 2.75) is 115 Å². The number of para-hydroxylation sites is 2. The first-order valence-corrected chi connectivity index (χ1v) is 14.8. The molecule has 3 aliphatic carbocycles. The van der Waals surface area contributed by atoms with E-state index in [1.807, 2.05) is 28.8 Å². The van der Waals surface area contributed by atoms with Crippen molar-refractivity contribution in [2.75, 3.05) is 0 Å². The van der Waals surface area contributed by atoms with Gasteiger partial charge in [-0.1, -0.05) is 37.8 Å². The molecule has 5 heteroatoms. The molecule has 0 N–H and O–H groups in total. The van der Waals surface area contributed by atoms with E-state index in [-0.39, 0.29) is 23.1 Å². The lowest BCUT2D eigenvalue weighted by Crippen LogP contribution is -2.59. The normalized spacial score (nSPS) is 37.0. The zero-order valence-electron chi connectivity index (χ0n) is 21.8. The predicted molar refractivity (Wildman–Crippen MR) is 142 cm³/mol. The molecule has 3 saturated carbocycles. The van der Waals surface area contributed by atoms with Gasteiger partial charge in [-0.25, -0.2) is 4.98 Å². The van der Waals surface area contributed by atoms with E-state index in [9.17, 15) is 9.59 Å². The van der Waals surface area contributed by atoms with Crippen LogP contribution in [0.2, 0.25) is 0 Å². The largest absolute Gasteiger partial charge is 0.302 e. The topological polar surface area (TPSA) is 55.2 Å². The Labute approximate surface area is 214 Å². The fraction of sp³-hybridized carbons (Fsp3) is 0.710. The van der Waals surface area contributed by atoms with Gasteiger partial charge in [0.1, 0.15) is 0 Å². The summed E-state index contributed by atoms with van der Waals surface area (Å²) in [6, 6.07) is 9.90. The Morgan fingerprint density at radius 3 is 2.08 bits per heavy atom. The second-order valence-electron chi connectivity index (χ2n) is 13.0. The van der Waals surface area contributed by atoms with Gasteiger partial charge < -0.3 is 4.57 Å². The van der Waals surface area contributed by atoms with E-state index in [2.05, 4.69) is 9.88 Å². The minimum atomic E-state index is -0.230. The molecule has 2 aromatic rings. The van der Waals surface area contributed by atoms with Gasteiger partial charge in [0, 0.05) is 31.1 Å². The van der Waals surface area contributed by atoms with Crippen LogP contribution in [0, 0.1) is 23.7 Å². The molecule has 4 atom stereocenters. The van der Waals surface area contributed by atoms with Gasteiger partial charge in [-0.2, -0.15) is 0 Å². The van der Waals surface area contributed by atoms with Crippen LogP contribution in [0.3, 0.4) is 0 Å². The molecular formula is C31H41N3O2. The van der Waals surface area contributed by atoms with Crippen molar-refractivity contribution in [3.8, 4) is 0 Å². The van der Waals surface area contributed by atoms with E-state index in [4.69, 9.17) is 0 Å². The van der Waals surface area contributed by atoms with Crippen LogP contribution in [0.4, 0.5) is 0 Å². The fourth-order valence-electron chi connectivity index (χ4n) is 9.35. The van der Waals surface area contributed by atoms with Crippen molar-refractivity contribution in [1.82, 2.24) is 14.5 Å². The number of aromatic nitrogens is 2. The summed E-state index contributed by atoms with van der Waals surface area (Å²) >= 11 is 0. The maximum Gasteiger partial charge on any atom is 0.280 e. The third-order valence-electron chi connectivity index (χ3n) is 10.9. The minimum absolute atomic E-state index is 0.0995. The fourth-order valence-corrected chi connectivity index (χ4v) is 9.35. The van der Waals surface area contributed by atoms with Gasteiger partial charge in [-0.15, -0.1) is 0 Å². The highest BCUT2D eigenvalue weighted by Crippen LogP contribution is 2.52. The molecule has 5 fully saturated rings. The number of rotatable bonds is 4. The smallest absolute Gasteiger partial charge is 0.280 e. The lowest BCUT2D eigenvalue weighted by atomic mass is 9.60. The lowest BCUT2D eigenvalue weighted by Gasteiger charge is -2.56. The molecule has 0 amide bonds. The van der Waals surface area contributed by atoms with Gasteiger partial charge in [-0.05, 0) is 93.6 Å². The Balaban J connectivity index is 1.15. The number of hydrogen-bond acceptors (Lipinski definition) is 4. The van der Waals surface area contributed by atoms with Crippen LogP contribution in [0.5, 0.6) is 0 Å². The highest BCUT2D eigenvalue weighted by Gasteiger charge is 2.47. The summed E-state index contributed by atoms with van der Waals surface area (Å²) in [7, 11) is 0. The molecule has 1 aromatic heterocycles. The monoisotopic (exact) mass is 487 g/mol. The van der Waals surface area contributed by atoms with Crippen molar-refractivity contribution in [3.63, 3.8) is 0 Å². The van der Waals surface area contributed by atoms with Crippen LogP contribution in [-0.4, -0.2) is 38.4 Å². The first-order valence-electron chi connectivity index (χ1n) is 14.8.